The molecule has 96 valence electrons. The van der Waals surface area contributed by atoms with E-state index in [1.54, 1.807) is 4.90 Å². The van der Waals surface area contributed by atoms with Crippen molar-refractivity contribution in [1.29, 1.82) is 5.26 Å². The van der Waals surface area contributed by atoms with E-state index in [4.69, 9.17) is 4.74 Å². The molecule has 0 aromatic carbocycles. The molecule has 0 amide bonds. The molecular weight excluding hydrogens is 216 g/mol. The number of nitrogens with zero attached hydrogens (tertiary/aromatic N) is 2. The first kappa shape index (κ1) is 13.8. The lowest BCUT2D eigenvalue weighted by atomic mass is 10.0. The molecule has 1 saturated heterocycles. The highest BCUT2D eigenvalue weighted by molar-refractivity contribution is 5.77. The molecule has 0 N–H and O–H groups in total. The van der Waals surface area contributed by atoms with Crippen molar-refractivity contribution in [2.45, 2.75) is 65.1 Å². The zero-order chi connectivity index (χ0) is 13.2. The van der Waals surface area contributed by atoms with E-state index in [0.717, 1.165) is 6.42 Å². The molecular formula is C13H22N2O2. The monoisotopic (exact) mass is 238 g/mol. The first-order chi connectivity index (χ1) is 7.76. The van der Waals surface area contributed by atoms with Crippen LogP contribution < -0.4 is 0 Å². The number of likely N-dealkylation sites (tertiary alicyclic amines) is 1. The van der Waals surface area contributed by atoms with Crippen molar-refractivity contribution in [3.05, 3.63) is 0 Å². The zero-order valence-corrected chi connectivity index (χ0v) is 11.4. The molecule has 0 aromatic rings. The third-order valence-corrected chi connectivity index (χ3v) is 2.99. The van der Waals surface area contributed by atoms with Gasteiger partial charge in [0.1, 0.15) is 11.6 Å². The number of hydrogen-bond acceptors (Lipinski definition) is 4. The van der Waals surface area contributed by atoms with Crippen molar-refractivity contribution in [2.24, 2.45) is 5.92 Å². The molecule has 4 nitrogen and oxygen atoms in total. The smallest absolute Gasteiger partial charge is 0.330 e. The second-order valence-corrected chi connectivity index (χ2v) is 5.95. The van der Waals surface area contributed by atoms with Crippen molar-refractivity contribution < 1.29 is 9.53 Å². The van der Waals surface area contributed by atoms with Crippen molar-refractivity contribution in [3.8, 4) is 6.19 Å². The van der Waals surface area contributed by atoms with E-state index in [2.05, 4.69) is 20.0 Å². The Morgan fingerprint density at radius 2 is 2.00 bits per heavy atom. The maximum atomic E-state index is 12.0. The van der Waals surface area contributed by atoms with Crippen LogP contribution in [0.3, 0.4) is 0 Å². The Kier molecular flexibility index (Phi) is 4.03. The van der Waals surface area contributed by atoms with Crippen LogP contribution in [0.25, 0.3) is 0 Å². The SMILES string of the molecule is CC(C)C1CCC(C(=O)OC(C)(C)C)N1C#N. The molecule has 1 aliphatic heterocycles. The molecule has 4 heteroatoms. The lowest BCUT2D eigenvalue weighted by molar-refractivity contribution is -0.159. The third kappa shape index (κ3) is 3.36. The molecule has 0 spiro atoms. The summed E-state index contributed by atoms with van der Waals surface area (Å²) in [6, 6.07) is -0.232. The summed E-state index contributed by atoms with van der Waals surface area (Å²) >= 11 is 0. The molecule has 2 unspecified atom stereocenters. The highest BCUT2D eigenvalue weighted by atomic mass is 16.6. The molecule has 1 rings (SSSR count). The van der Waals surface area contributed by atoms with Gasteiger partial charge in [-0.1, -0.05) is 13.8 Å². The van der Waals surface area contributed by atoms with Gasteiger partial charge in [-0.15, -0.1) is 0 Å². The van der Waals surface area contributed by atoms with Crippen LogP contribution in [-0.2, 0) is 9.53 Å². The van der Waals surface area contributed by atoms with Gasteiger partial charge in [-0.3, -0.25) is 4.90 Å². The molecule has 0 saturated carbocycles. The number of carbonyl (C=O) groups excluding carboxylic acids is 1. The summed E-state index contributed by atoms with van der Waals surface area (Å²) in [5.41, 5.74) is -0.492. The molecule has 0 aliphatic carbocycles. The molecule has 0 aromatic heterocycles. The highest BCUT2D eigenvalue weighted by Crippen LogP contribution is 2.29. The van der Waals surface area contributed by atoms with Gasteiger partial charge in [0, 0.05) is 6.04 Å². The number of carbonyl (C=O) groups is 1. The van der Waals surface area contributed by atoms with E-state index in [-0.39, 0.29) is 12.0 Å². The second-order valence-electron chi connectivity index (χ2n) is 5.95. The van der Waals surface area contributed by atoms with Crippen LogP contribution in [-0.4, -0.2) is 28.6 Å². The fourth-order valence-electron chi connectivity index (χ4n) is 2.24. The second kappa shape index (κ2) is 4.95. The molecule has 1 heterocycles. The Morgan fingerprint density at radius 1 is 1.41 bits per heavy atom. The predicted molar refractivity (Wildman–Crippen MR) is 64.9 cm³/mol. The van der Waals surface area contributed by atoms with Crippen molar-refractivity contribution >= 4 is 5.97 Å². The molecule has 0 bridgehead atoms. The van der Waals surface area contributed by atoms with E-state index in [0.29, 0.717) is 12.3 Å². The third-order valence-electron chi connectivity index (χ3n) is 2.99. The molecule has 1 fully saturated rings. The summed E-state index contributed by atoms with van der Waals surface area (Å²) in [6.45, 7) is 9.68. The molecule has 0 radical (unpaired) electrons. The van der Waals surface area contributed by atoms with Crippen LogP contribution in [0.4, 0.5) is 0 Å². The van der Waals surface area contributed by atoms with Crippen LogP contribution in [0.1, 0.15) is 47.5 Å². The van der Waals surface area contributed by atoms with Gasteiger partial charge in [-0.05, 0) is 39.5 Å². The summed E-state index contributed by atoms with van der Waals surface area (Å²) in [5, 5.41) is 9.17. The van der Waals surface area contributed by atoms with Crippen LogP contribution in [0.2, 0.25) is 0 Å². The van der Waals surface area contributed by atoms with Crippen molar-refractivity contribution in [2.75, 3.05) is 0 Å². The van der Waals surface area contributed by atoms with Crippen LogP contribution in [0, 0.1) is 17.4 Å². The summed E-state index contributed by atoms with van der Waals surface area (Å²) in [7, 11) is 0. The maximum Gasteiger partial charge on any atom is 0.330 e. The average molecular weight is 238 g/mol. The van der Waals surface area contributed by atoms with Crippen molar-refractivity contribution in [1.82, 2.24) is 4.90 Å². The number of nitriles is 1. The van der Waals surface area contributed by atoms with Gasteiger partial charge in [0.05, 0.1) is 0 Å². The largest absolute Gasteiger partial charge is 0.458 e. The van der Waals surface area contributed by atoms with E-state index < -0.39 is 11.6 Å². The Bertz CT molecular complexity index is 325. The molecule has 1 aliphatic rings. The summed E-state index contributed by atoms with van der Waals surface area (Å²) < 4.78 is 5.35. The average Bonchev–Trinajstić information content (AvgIpc) is 2.57. The van der Waals surface area contributed by atoms with E-state index in [9.17, 15) is 10.1 Å². The quantitative estimate of drug-likeness (QED) is 0.547. The van der Waals surface area contributed by atoms with Crippen LogP contribution in [0.15, 0.2) is 0 Å². The van der Waals surface area contributed by atoms with Crippen molar-refractivity contribution in [3.63, 3.8) is 0 Å². The highest BCUT2D eigenvalue weighted by Gasteiger charge is 2.40. The van der Waals surface area contributed by atoms with E-state index in [1.165, 1.54) is 0 Å². The van der Waals surface area contributed by atoms with Gasteiger partial charge in [-0.25, -0.2) is 4.79 Å². The van der Waals surface area contributed by atoms with Gasteiger partial charge in [0.25, 0.3) is 0 Å². The fourth-order valence-corrected chi connectivity index (χ4v) is 2.24. The maximum absolute atomic E-state index is 12.0. The minimum absolute atomic E-state index is 0.164. The summed E-state index contributed by atoms with van der Waals surface area (Å²) in [5.74, 6) is 0.101. The Balaban J connectivity index is 2.73. The Morgan fingerprint density at radius 3 is 2.41 bits per heavy atom. The Labute approximate surface area is 104 Å². The fraction of sp³-hybridized carbons (Fsp3) is 0.846. The minimum atomic E-state index is -0.492. The predicted octanol–water partition coefficient (Wildman–Crippen LogP) is 2.30. The summed E-state index contributed by atoms with van der Waals surface area (Å²) in [6.07, 6.45) is 3.74. The van der Waals surface area contributed by atoms with E-state index in [1.807, 2.05) is 20.8 Å². The number of rotatable bonds is 2. The molecule has 17 heavy (non-hydrogen) atoms. The minimum Gasteiger partial charge on any atom is -0.458 e. The van der Waals surface area contributed by atoms with Gasteiger partial charge in [-0.2, -0.15) is 5.26 Å². The number of esters is 1. The van der Waals surface area contributed by atoms with E-state index >= 15 is 0 Å². The van der Waals surface area contributed by atoms with Gasteiger partial charge in [0.15, 0.2) is 6.19 Å². The summed E-state index contributed by atoms with van der Waals surface area (Å²) in [4.78, 5) is 13.6. The van der Waals surface area contributed by atoms with Gasteiger partial charge in [0.2, 0.25) is 0 Å². The van der Waals surface area contributed by atoms with Crippen LogP contribution in [0.5, 0.6) is 0 Å². The first-order valence-electron chi connectivity index (χ1n) is 6.17. The van der Waals surface area contributed by atoms with Gasteiger partial charge < -0.3 is 4.74 Å². The number of ether oxygens (including phenoxy) is 1. The standard InChI is InChI=1S/C13H22N2O2/c1-9(2)10-6-7-11(15(10)8-14)12(16)17-13(3,4)5/h9-11H,6-7H2,1-5H3. The van der Waals surface area contributed by atoms with Gasteiger partial charge >= 0.3 is 5.97 Å². The lowest BCUT2D eigenvalue weighted by Gasteiger charge is -2.28. The normalized spacial score (nSPS) is 24.9. The Hall–Kier alpha value is -1.24. The molecule has 2 atom stereocenters. The van der Waals surface area contributed by atoms with Crippen LogP contribution >= 0.6 is 0 Å². The topological polar surface area (TPSA) is 53.3 Å². The number of hydrogen-bond donors (Lipinski definition) is 0. The zero-order valence-electron chi connectivity index (χ0n) is 11.4. The lowest BCUT2D eigenvalue weighted by Crippen LogP contribution is -2.42. The first-order valence-corrected chi connectivity index (χ1v) is 6.17.